The number of rotatable bonds is 3. The number of methoxy groups -OCH3 is 1. The fraction of sp³-hybridized carbons (Fsp3) is 0.667. The smallest absolute Gasteiger partial charge is 0.320 e. The second-order valence-corrected chi connectivity index (χ2v) is 6.52. The topological polar surface area (TPSA) is 76.1 Å². The van der Waals surface area contributed by atoms with Crippen molar-refractivity contribution in [1.82, 2.24) is 15.5 Å². The van der Waals surface area contributed by atoms with Gasteiger partial charge in [0, 0.05) is 18.6 Å². The first-order valence-electron chi connectivity index (χ1n) is 7.33. The zero-order valence-electron chi connectivity index (χ0n) is 13.1. The van der Waals surface area contributed by atoms with E-state index in [4.69, 9.17) is 4.74 Å². The standard InChI is InChI=1S/C15H24N4O2/c1-15(2,3)12-7-8-13(19-18-12)17-14(20)16-10-5-6-11(9-10)21-4/h7-8,10-11H,5-6,9H2,1-4H3,(H2,16,17,19,20)/t10-,11+/m1/s1. The highest BCUT2D eigenvalue weighted by atomic mass is 16.5. The van der Waals surface area contributed by atoms with Crippen molar-refractivity contribution < 1.29 is 9.53 Å². The number of carbonyl (C=O) groups is 1. The van der Waals surface area contributed by atoms with Gasteiger partial charge in [0.15, 0.2) is 5.82 Å². The third-order valence-electron chi connectivity index (χ3n) is 3.73. The molecule has 0 aliphatic heterocycles. The van der Waals surface area contributed by atoms with Crippen molar-refractivity contribution >= 4 is 11.8 Å². The van der Waals surface area contributed by atoms with Gasteiger partial charge in [-0.1, -0.05) is 20.8 Å². The molecule has 2 N–H and O–H groups in total. The first-order valence-corrected chi connectivity index (χ1v) is 7.33. The molecule has 1 aliphatic rings. The van der Waals surface area contributed by atoms with Crippen LogP contribution >= 0.6 is 0 Å². The molecule has 1 fully saturated rings. The summed E-state index contributed by atoms with van der Waals surface area (Å²) >= 11 is 0. The molecular formula is C15H24N4O2. The molecule has 0 unspecified atom stereocenters. The summed E-state index contributed by atoms with van der Waals surface area (Å²) in [5.41, 5.74) is 0.847. The van der Waals surface area contributed by atoms with E-state index in [9.17, 15) is 4.79 Å². The fourth-order valence-corrected chi connectivity index (χ4v) is 2.42. The predicted octanol–water partition coefficient (Wildman–Crippen LogP) is 2.46. The van der Waals surface area contributed by atoms with E-state index in [0.717, 1.165) is 25.0 Å². The summed E-state index contributed by atoms with van der Waals surface area (Å²) < 4.78 is 5.29. The maximum absolute atomic E-state index is 11.9. The Labute approximate surface area is 125 Å². The highest BCUT2D eigenvalue weighted by molar-refractivity contribution is 5.88. The molecule has 0 saturated heterocycles. The fourth-order valence-electron chi connectivity index (χ4n) is 2.42. The Morgan fingerprint density at radius 1 is 1.29 bits per heavy atom. The predicted molar refractivity (Wildman–Crippen MR) is 81.3 cm³/mol. The number of nitrogens with one attached hydrogen (secondary N) is 2. The van der Waals surface area contributed by atoms with Crippen LogP contribution in [0.1, 0.15) is 45.7 Å². The van der Waals surface area contributed by atoms with E-state index < -0.39 is 0 Å². The Kier molecular flexibility index (Phi) is 4.77. The van der Waals surface area contributed by atoms with Gasteiger partial charge in [-0.25, -0.2) is 4.79 Å². The Morgan fingerprint density at radius 3 is 2.57 bits per heavy atom. The van der Waals surface area contributed by atoms with Crippen LogP contribution in [-0.4, -0.2) is 35.5 Å². The van der Waals surface area contributed by atoms with Crippen molar-refractivity contribution in [3.8, 4) is 0 Å². The summed E-state index contributed by atoms with van der Waals surface area (Å²) in [7, 11) is 1.71. The third-order valence-corrected chi connectivity index (χ3v) is 3.73. The van der Waals surface area contributed by atoms with Crippen LogP contribution in [0.2, 0.25) is 0 Å². The third kappa shape index (κ3) is 4.39. The highest BCUT2D eigenvalue weighted by Crippen LogP contribution is 2.22. The number of anilines is 1. The normalized spacial score (nSPS) is 22.1. The van der Waals surface area contributed by atoms with Crippen LogP contribution in [0.4, 0.5) is 10.6 Å². The molecule has 1 aromatic rings. The lowest BCUT2D eigenvalue weighted by Crippen LogP contribution is -2.37. The monoisotopic (exact) mass is 292 g/mol. The molecule has 1 saturated carbocycles. The molecule has 0 aromatic carbocycles. The van der Waals surface area contributed by atoms with E-state index in [-0.39, 0.29) is 23.6 Å². The molecule has 1 aromatic heterocycles. The van der Waals surface area contributed by atoms with Crippen molar-refractivity contribution in [2.24, 2.45) is 0 Å². The van der Waals surface area contributed by atoms with Crippen LogP contribution in [0, 0.1) is 0 Å². The first-order chi connectivity index (χ1) is 9.88. The number of ether oxygens (including phenoxy) is 1. The molecule has 1 heterocycles. The number of carbonyl (C=O) groups excluding carboxylic acids is 1. The maximum atomic E-state index is 11.9. The van der Waals surface area contributed by atoms with Gasteiger partial charge in [-0.15, -0.1) is 5.10 Å². The van der Waals surface area contributed by atoms with E-state index in [2.05, 4.69) is 41.6 Å². The molecule has 0 spiro atoms. The van der Waals surface area contributed by atoms with Crippen LogP contribution in [-0.2, 0) is 10.2 Å². The van der Waals surface area contributed by atoms with Crippen LogP contribution in [0.25, 0.3) is 0 Å². The second-order valence-electron chi connectivity index (χ2n) is 6.52. The van der Waals surface area contributed by atoms with Crippen molar-refractivity contribution in [2.75, 3.05) is 12.4 Å². The van der Waals surface area contributed by atoms with E-state index in [1.807, 2.05) is 6.07 Å². The Balaban J connectivity index is 1.85. The average Bonchev–Trinajstić information content (AvgIpc) is 2.85. The summed E-state index contributed by atoms with van der Waals surface area (Å²) in [4.78, 5) is 11.9. The summed E-state index contributed by atoms with van der Waals surface area (Å²) in [6.45, 7) is 6.22. The summed E-state index contributed by atoms with van der Waals surface area (Å²) in [6.07, 6.45) is 3.04. The minimum absolute atomic E-state index is 0.0488. The van der Waals surface area contributed by atoms with Crippen LogP contribution in [0.15, 0.2) is 12.1 Å². The van der Waals surface area contributed by atoms with E-state index in [1.54, 1.807) is 13.2 Å². The van der Waals surface area contributed by atoms with Crippen LogP contribution in [0.5, 0.6) is 0 Å². The minimum atomic E-state index is -0.241. The van der Waals surface area contributed by atoms with Gasteiger partial charge in [-0.2, -0.15) is 5.10 Å². The lowest BCUT2D eigenvalue weighted by atomic mass is 9.92. The number of urea groups is 1. The molecule has 1 aliphatic carbocycles. The van der Waals surface area contributed by atoms with Gasteiger partial charge < -0.3 is 10.1 Å². The van der Waals surface area contributed by atoms with Crippen molar-refractivity contribution in [3.63, 3.8) is 0 Å². The van der Waals surface area contributed by atoms with Gasteiger partial charge >= 0.3 is 6.03 Å². The van der Waals surface area contributed by atoms with E-state index in [0.29, 0.717) is 5.82 Å². The minimum Gasteiger partial charge on any atom is -0.381 e. The van der Waals surface area contributed by atoms with E-state index in [1.165, 1.54) is 0 Å². The van der Waals surface area contributed by atoms with Crippen molar-refractivity contribution in [2.45, 2.75) is 57.6 Å². The zero-order valence-corrected chi connectivity index (χ0v) is 13.1. The Morgan fingerprint density at radius 2 is 2.05 bits per heavy atom. The molecule has 0 radical (unpaired) electrons. The lowest BCUT2D eigenvalue weighted by molar-refractivity contribution is 0.107. The lowest BCUT2D eigenvalue weighted by Gasteiger charge is -2.17. The number of hydrogen-bond donors (Lipinski definition) is 2. The van der Waals surface area contributed by atoms with Gasteiger partial charge in [-0.3, -0.25) is 5.32 Å². The quantitative estimate of drug-likeness (QED) is 0.897. The summed E-state index contributed by atoms with van der Waals surface area (Å²) in [6, 6.07) is 3.59. The number of amides is 2. The summed E-state index contributed by atoms with van der Waals surface area (Å²) in [5.74, 6) is 0.460. The SMILES string of the molecule is CO[C@H]1CC[C@@H](NC(=O)Nc2ccc(C(C)(C)C)nn2)C1. The van der Waals surface area contributed by atoms with Crippen molar-refractivity contribution in [1.29, 1.82) is 0 Å². The van der Waals surface area contributed by atoms with Gasteiger partial charge in [0.05, 0.1) is 11.8 Å². The average molecular weight is 292 g/mol. The van der Waals surface area contributed by atoms with Crippen molar-refractivity contribution in [3.05, 3.63) is 17.8 Å². The molecule has 2 atom stereocenters. The maximum Gasteiger partial charge on any atom is 0.320 e. The zero-order chi connectivity index (χ0) is 15.5. The van der Waals surface area contributed by atoms with Crippen LogP contribution in [0.3, 0.4) is 0 Å². The second kappa shape index (κ2) is 6.39. The number of hydrogen-bond acceptors (Lipinski definition) is 4. The van der Waals surface area contributed by atoms with Gasteiger partial charge in [0.2, 0.25) is 0 Å². The number of nitrogens with zero attached hydrogens (tertiary/aromatic N) is 2. The summed E-state index contributed by atoms with van der Waals surface area (Å²) in [5, 5.41) is 13.8. The van der Waals surface area contributed by atoms with Gasteiger partial charge in [-0.05, 0) is 31.4 Å². The molecule has 6 heteroatoms. The molecule has 6 nitrogen and oxygen atoms in total. The van der Waals surface area contributed by atoms with Crippen LogP contribution < -0.4 is 10.6 Å². The van der Waals surface area contributed by atoms with Gasteiger partial charge in [0.25, 0.3) is 0 Å². The highest BCUT2D eigenvalue weighted by Gasteiger charge is 2.25. The molecule has 116 valence electrons. The number of aromatic nitrogens is 2. The molecule has 0 bridgehead atoms. The molecular weight excluding hydrogens is 268 g/mol. The molecule has 2 rings (SSSR count). The molecule has 2 amide bonds. The molecule has 21 heavy (non-hydrogen) atoms. The Hall–Kier alpha value is -1.69. The van der Waals surface area contributed by atoms with E-state index >= 15 is 0 Å². The first kappa shape index (κ1) is 15.7. The largest absolute Gasteiger partial charge is 0.381 e. The van der Waals surface area contributed by atoms with Gasteiger partial charge in [0.1, 0.15) is 0 Å². The Bertz CT molecular complexity index is 481.